The molecule has 0 radical (unpaired) electrons. The molecule has 0 bridgehead atoms. The summed E-state index contributed by atoms with van der Waals surface area (Å²) >= 11 is 6.48. The van der Waals surface area contributed by atoms with Crippen LogP contribution in [0, 0.1) is 5.92 Å². The highest BCUT2D eigenvalue weighted by Crippen LogP contribution is 2.47. The maximum Gasteiger partial charge on any atom is 0.249 e. The Kier molecular flexibility index (Phi) is 4.92. The number of primary amides is 1. The molecule has 29 heavy (non-hydrogen) atoms. The number of alkyl halides is 1. The van der Waals surface area contributed by atoms with Crippen LogP contribution >= 0.6 is 11.6 Å². The standard InChI is InChI=1S/C22H21ClFN3O2/c1-12-7-8-14(20(26)28)18(19(12)24)17-15-9-22(11-25,13-5-3-2-4-6-13)29-21(15)27-10-16(17)23/h2-8,10,12,19H,9,11,25H2,1H3,(H2,26,28)/t12?,19?,22-/m1/s1. The SMILES string of the molecule is CC1C=CC(C(N)=O)=C(c2c(Cl)cnc3c2C[C@@](CN)(c2ccccc2)O3)C1F. The molecular formula is C22H21ClFN3O2. The lowest BCUT2D eigenvalue weighted by molar-refractivity contribution is -0.114. The predicted octanol–water partition coefficient (Wildman–Crippen LogP) is 3.31. The summed E-state index contributed by atoms with van der Waals surface area (Å²) in [5, 5.41) is 0.243. The molecule has 0 fully saturated rings. The van der Waals surface area contributed by atoms with Gasteiger partial charge in [0.05, 0.1) is 11.2 Å². The summed E-state index contributed by atoms with van der Waals surface area (Å²) in [6.07, 6.45) is 3.52. The molecule has 1 aliphatic heterocycles. The maximum absolute atomic E-state index is 15.3. The van der Waals surface area contributed by atoms with Gasteiger partial charge in [-0.05, 0) is 5.56 Å². The summed E-state index contributed by atoms with van der Waals surface area (Å²) in [4.78, 5) is 16.4. The van der Waals surface area contributed by atoms with Crippen molar-refractivity contribution in [3.8, 4) is 5.88 Å². The molecule has 5 nitrogen and oxygen atoms in total. The van der Waals surface area contributed by atoms with Crippen LogP contribution in [-0.2, 0) is 16.8 Å². The van der Waals surface area contributed by atoms with Crippen LogP contribution in [0.5, 0.6) is 5.88 Å². The highest BCUT2D eigenvalue weighted by molar-refractivity contribution is 6.32. The van der Waals surface area contributed by atoms with Crippen molar-refractivity contribution in [1.29, 1.82) is 0 Å². The average molecular weight is 414 g/mol. The van der Waals surface area contributed by atoms with Gasteiger partial charge in [-0.25, -0.2) is 9.37 Å². The van der Waals surface area contributed by atoms with E-state index in [1.807, 2.05) is 30.3 Å². The van der Waals surface area contributed by atoms with Gasteiger partial charge in [-0.3, -0.25) is 4.79 Å². The van der Waals surface area contributed by atoms with Crippen molar-refractivity contribution in [3.05, 3.63) is 76.0 Å². The molecule has 1 aromatic carbocycles. The molecule has 2 aromatic rings. The Bertz CT molecular complexity index is 1040. The van der Waals surface area contributed by atoms with Gasteiger partial charge in [0, 0.05) is 41.2 Å². The number of pyridine rings is 1. The molecule has 1 aliphatic carbocycles. The number of fused-ring (bicyclic) bond motifs is 1. The van der Waals surface area contributed by atoms with Gasteiger partial charge < -0.3 is 16.2 Å². The van der Waals surface area contributed by atoms with Crippen LogP contribution in [0.2, 0.25) is 5.02 Å². The lowest BCUT2D eigenvalue weighted by atomic mass is 9.81. The molecule has 1 amide bonds. The van der Waals surface area contributed by atoms with E-state index in [-0.39, 0.29) is 22.7 Å². The summed E-state index contributed by atoms with van der Waals surface area (Å²) in [6, 6.07) is 9.57. The molecule has 1 aromatic heterocycles. The minimum absolute atomic E-state index is 0.107. The van der Waals surface area contributed by atoms with Crippen molar-refractivity contribution in [1.82, 2.24) is 4.98 Å². The number of amides is 1. The fourth-order valence-electron chi connectivity index (χ4n) is 4.03. The smallest absolute Gasteiger partial charge is 0.249 e. The fraction of sp³-hybridized carbons (Fsp3) is 0.273. The van der Waals surface area contributed by atoms with Gasteiger partial charge >= 0.3 is 0 Å². The largest absolute Gasteiger partial charge is 0.464 e. The Morgan fingerprint density at radius 2 is 2.10 bits per heavy atom. The van der Waals surface area contributed by atoms with Gasteiger partial charge in [-0.2, -0.15) is 0 Å². The highest BCUT2D eigenvalue weighted by Gasteiger charge is 2.44. The molecule has 0 saturated heterocycles. The van der Waals surface area contributed by atoms with Gasteiger partial charge in [0.15, 0.2) is 5.60 Å². The molecule has 2 unspecified atom stereocenters. The number of allylic oxidation sites excluding steroid dienone is 2. The number of nitrogens with two attached hydrogens (primary N) is 2. The molecular weight excluding hydrogens is 393 g/mol. The van der Waals surface area contributed by atoms with Crippen LogP contribution in [0.1, 0.15) is 23.6 Å². The number of hydrogen-bond acceptors (Lipinski definition) is 4. The first-order valence-corrected chi connectivity index (χ1v) is 9.74. The minimum atomic E-state index is -1.43. The van der Waals surface area contributed by atoms with Crippen LogP contribution in [-0.4, -0.2) is 23.6 Å². The first-order chi connectivity index (χ1) is 13.9. The molecule has 2 aliphatic rings. The summed E-state index contributed by atoms with van der Waals surface area (Å²) in [5.41, 5.74) is 13.0. The summed E-state index contributed by atoms with van der Waals surface area (Å²) in [5.74, 6) is -0.799. The van der Waals surface area contributed by atoms with Crippen molar-refractivity contribution in [2.24, 2.45) is 17.4 Å². The zero-order chi connectivity index (χ0) is 20.8. The molecule has 4 rings (SSSR count). The number of benzene rings is 1. The third kappa shape index (κ3) is 3.12. The van der Waals surface area contributed by atoms with Gasteiger partial charge in [-0.15, -0.1) is 0 Å². The lowest BCUT2D eigenvalue weighted by Crippen LogP contribution is -2.39. The zero-order valence-electron chi connectivity index (χ0n) is 15.9. The van der Waals surface area contributed by atoms with Crippen LogP contribution in [0.3, 0.4) is 0 Å². The van der Waals surface area contributed by atoms with E-state index in [9.17, 15) is 4.79 Å². The van der Waals surface area contributed by atoms with E-state index in [4.69, 9.17) is 27.8 Å². The lowest BCUT2D eigenvalue weighted by Gasteiger charge is -2.27. The second-order valence-corrected chi connectivity index (χ2v) is 7.83. The Morgan fingerprint density at radius 3 is 2.76 bits per heavy atom. The van der Waals surface area contributed by atoms with Crippen LogP contribution in [0.4, 0.5) is 4.39 Å². The van der Waals surface area contributed by atoms with E-state index in [1.165, 1.54) is 6.20 Å². The van der Waals surface area contributed by atoms with Crippen molar-refractivity contribution in [2.45, 2.75) is 25.1 Å². The Balaban J connectivity index is 1.92. The molecule has 0 saturated carbocycles. The van der Waals surface area contributed by atoms with E-state index in [2.05, 4.69) is 4.98 Å². The minimum Gasteiger partial charge on any atom is -0.464 e. The summed E-state index contributed by atoms with van der Waals surface area (Å²) < 4.78 is 21.5. The van der Waals surface area contributed by atoms with Gasteiger partial charge in [0.2, 0.25) is 11.8 Å². The molecule has 3 atom stereocenters. The van der Waals surface area contributed by atoms with Gasteiger partial charge in [0.25, 0.3) is 0 Å². The molecule has 150 valence electrons. The number of hydrogen-bond donors (Lipinski definition) is 2. The van der Waals surface area contributed by atoms with Gasteiger partial charge in [-0.1, -0.05) is 61.0 Å². The van der Waals surface area contributed by atoms with Crippen LogP contribution in [0.25, 0.3) is 5.57 Å². The van der Waals surface area contributed by atoms with Gasteiger partial charge in [0.1, 0.15) is 6.17 Å². The first kappa shape index (κ1) is 19.6. The van der Waals surface area contributed by atoms with E-state index >= 15 is 4.39 Å². The summed E-state index contributed by atoms with van der Waals surface area (Å²) in [7, 11) is 0. The topological polar surface area (TPSA) is 91.2 Å². The van der Waals surface area contributed by atoms with Crippen molar-refractivity contribution < 1.29 is 13.9 Å². The van der Waals surface area contributed by atoms with Crippen LogP contribution < -0.4 is 16.2 Å². The summed E-state index contributed by atoms with van der Waals surface area (Å²) in [6.45, 7) is 1.93. The maximum atomic E-state index is 15.3. The Labute approximate surface area is 173 Å². The predicted molar refractivity (Wildman–Crippen MR) is 110 cm³/mol. The number of carbonyl (C=O) groups excluding carboxylic acids is 1. The van der Waals surface area contributed by atoms with Crippen molar-refractivity contribution in [3.63, 3.8) is 0 Å². The normalized spacial score (nSPS) is 25.7. The number of nitrogens with zero attached hydrogens (tertiary/aromatic N) is 1. The molecule has 2 heterocycles. The monoisotopic (exact) mass is 413 g/mol. The number of carbonyl (C=O) groups is 1. The first-order valence-electron chi connectivity index (χ1n) is 9.36. The van der Waals surface area contributed by atoms with E-state index in [1.54, 1.807) is 19.1 Å². The second kappa shape index (κ2) is 7.28. The van der Waals surface area contributed by atoms with E-state index < -0.39 is 23.6 Å². The van der Waals surface area contributed by atoms with E-state index in [0.717, 1.165) is 5.56 Å². The fourth-order valence-corrected chi connectivity index (χ4v) is 4.29. The number of rotatable bonds is 4. The highest BCUT2D eigenvalue weighted by atomic mass is 35.5. The Morgan fingerprint density at radius 1 is 1.38 bits per heavy atom. The average Bonchev–Trinajstić information content (AvgIpc) is 3.11. The zero-order valence-corrected chi connectivity index (χ0v) is 16.6. The van der Waals surface area contributed by atoms with Crippen LogP contribution in [0.15, 0.2) is 54.3 Å². The number of ether oxygens (including phenoxy) is 1. The third-order valence-electron chi connectivity index (χ3n) is 5.61. The molecule has 0 spiro atoms. The Hall–Kier alpha value is -2.70. The second-order valence-electron chi connectivity index (χ2n) is 7.42. The van der Waals surface area contributed by atoms with Crippen molar-refractivity contribution in [2.75, 3.05) is 6.54 Å². The number of halogens is 2. The van der Waals surface area contributed by atoms with E-state index in [0.29, 0.717) is 23.4 Å². The number of aromatic nitrogens is 1. The molecule has 7 heteroatoms. The van der Waals surface area contributed by atoms with Crippen molar-refractivity contribution >= 4 is 23.1 Å². The quantitative estimate of drug-likeness (QED) is 0.804. The molecule has 4 N–H and O–H groups in total. The third-order valence-corrected chi connectivity index (χ3v) is 5.89.